The van der Waals surface area contributed by atoms with Gasteiger partial charge in [-0.1, -0.05) is 121 Å². The fraction of sp³-hybridized carbons (Fsp3) is 0.0400. The molecule has 7 aromatic carbocycles. The van der Waals surface area contributed by atoms with Crippen LogP contribution in [-0.4, -0.2) is 14.1 Å². The SMILES string of the molecule is Cc1cc(-c2cc(-n3c4ccccc4c4ccc(-c5ccccc5)cc43)c(C#N)c(-n3c4ccccc4c4ccc(-c5ccccc5)cc43)c2)cc(C)n1. The monoisotopic (exact) mass is 690 g/mol. The predicted octanol–water partition coefficient (Wildman–Crippen LogP) is 12.8. The lowest BCUT2D eigenvalue weighted by Crippen LogP contribution is -2.05. The Bertz CT molecular complexity index is 2920. The summed E-state index contributed by atoms with van der Waals surface area (Å²) in [4.78, 5) is 4.72. The molecule has 254 valence electrons. The molecule has 10 aromatic rings. The first-order chi connectivity index (χ1) is 26.6. The van der Waals surface area contributed by atoms with Crippen molar-refractivity contribution in [2.75, 3.05) is 0 Å². The van der Waals surface area contributed by atoms with Crippen molar-refractivity contribution in [1.29, 1.82) is 5.26 Å². The van der Waals surface area contributed by atoms with E-state index in [-0.39, 0.29) is 0 Å². The number of nitriles is 1. The van der Waals surface area contributed by atoms with Crippen molar-refractivity contribution in [3.8, 4) is 50.8 Å². The number of fused-ring (bicyclic) bond motifs is 6. The molecule has 0 unspecified atom stereocenters. The van der Waals surface area contributed by atoms with Gasteiger partial charge in [0.2, 0.25) is 0 Å². The number of para-hydroxylation sites is 2. The largest absolute Gasteiger partial charge is 0.308 e. The highest BCUT2D eigenvalue weighted by Gasteiger charge is 2.23. The molecular formula is C50H34N4. The van der Waals surface area contributed by atoms with Gasteiger partial charge in [0.1, 0.15) is 11.6 Å². The normalized spacial score (nSPS) is 11.5. The average Bonchev–Trinajstić information content (AvgIpc) is 3.72. The maximum atomic E-state index is 11.4. The van der Waals surface area contributed by atoms with Crippen LogP contribution in [0.2, 0.25) is 0 Å². The van der Waals surface area contributed by atoms with Gasteiger partial charge in [0.15, 0.2) is 0 Å². The van der Waals surface area contributed by atoms with E-state index in [4.69, 9.17) is 4.98 Å². The Labute approximate surface area is 313 Å². The smallest absolute Gasteiger partial charge is 0.104 e. The fourth-order valence-electron chi connectivity index (χ4n) is 8.33. The first-order valence-corrected chi connectivity index (χ1v) is 18.3. The van der Waals surface area contributed by atoms with E-state index in [1.54, 1.807) is 0 Å². The molecule has 54 heavy (non-hydrogen) atoms. The summed E-state index contributed by atoms with van der Waals surface area (Å²) >= 11 is 0. The van der Waals surface area contributed by atoms with Crippen LogP contribution in [0.5, 0.6) is 0 Å². The topological polar surface area (TPSA) is 46.5 Å². The minimum atomic E-state index is 0.599. The van der Waals surface area contributed by atoms with Crippen LogP contribution in [0.25, 0.3) is 88.4 Å². The van der Waals surface area contributed by atoms with Gasteiger partial charge in [-0.15, -0.1) is 0 Å². The Morgan fingerprint density at radius 2 is 0.796 bits per heavy atom. The summed E-state index contributed by atoms with van der Waals surface area (Å²) < 4.78 is 4.60. The van der Waals surface area contributed by atoms with Crippen molar-refractivity contribution in [2.24, 2.45) is 0 Å². The lowest BCUT2D eigenvalue weighted by molar-refractivity contribution is 1.11. The van der Waals surface area contributed by atoms with Crippen LogP contribution < -0.4 is 0 Å². The van der Waals surface area contributed by atoms with Gasteiger partial charge in [0.25, 0.3) is 0 Å². The molecule has 0 radical (unpaired) electrons. The third-order valence-corrected chi connectivity index (χ3v) is 10.7. The van der Waals surface area contributed by atoms with Crippen molar-refractivity contribution in [2.45, 2.75) is 13.8 Å². The molecule has 0 aliphatic rings. The number of rotatable bonds is 5. The quantitative estimate of drug-likeness (QED) is 0.180. The third kappa shape index (κ3) is 5.02. The van der Waals surface area contributed by atoms with Crippen LogP contribution in [0.1, 0.15) is 17.0 Å². The van der Waals surface area contributed by atoms with Gasteiger partial charge in [0.05, 0.1) is 33.4 Å². The molecule has 0 spiro atoms. The molecule has 0 aliphatic heterocycles. The van der Waals surface area contributed by atoms with Gasteiger partial charge in [-0.2, -0.15) is 5.26 Å². The first-order valence-electron chi connectivity index (χ1n) is 18.3. The predicted molar refractivity (Wildman–Crippen MR) is 223 cm³/mol. The number of aromatic nitrogens is 3. The molecule has 0 saturated carbocycles. The summed E-state index contributed by atoms with van der Waals surface area (Å²) in [6.45, 7) is 4.08. The van der Waals surface area contributed by atoms with E-state index in [1.807, 2.05) is 26.0 Å². The summed E-state index contributed by atoms with van der Waals surface area (Å²) in [7, 11) is 0. The van der Waals surface area contributed by atoms with E-state index in [9.17, 15) is 5.26 Å². The summed E-state index contributed by atoms with van der Waals surface area (Å²) in [5.74, 6) is 0. The molecule has 0 amide bonds. The molecule has 4 heteroatoms. The van der Waals surface area contributed by atoms with Crippen molar-refractivity contribution in [1.82, 2.24) is 14.1 Å². The second-order valence-electron chi connectivity index (χ2n) is 14.0. The second-order valence-corrected chi connectivity index (χ2v) is 14.0. The molecule has 0 atom stereocenters. The maximum Gasteiger partial charge on any atom is 0.104 e. The summed E-state index contributed by atoms with van der Waals surface area (Å²) in [6, 6.07) is 62.8. The zero-order valence-electron chi connectivity index (χ0n) is 30.0. The molecule has 3 heterocycles. The molecule has 0 fully saturated rings. The van der Waals surface area contributed by atoms with Crippen LogP contribution in [0.3, 0.4) is 0 Å². The number of pyridine rings is 1. The number of benzene rings is 7. The molecule has 0 bridgehead atoms. The Kier molecular flexibility index (Phi) is 7.28. The van der Waals surface area contributed by atoms with Gasteiger partial charge in [0, 0.05) is 32.9 Å². The number of aryl methyl sites for hydroxylation is 2. The molecule has 10 rings (SSSR count). The average molecular weight is 691 g/mol. The van der Waals surface area contributed by atoms with Gasteiger partial charge >= 0.3 is 0 Å². The highest BCUT2D eigenvalue weighted by atomic mass is 15.0. The standard InChI is InChI=1S/C50H34N4/c1-32-25-38(26-33(2)52-32)39-29-49(53-45-19-11-9-17-40(45)42-23-21-36(27-47(42)53)34-13-5-3-6-14-34)44(31-51)50(30-39)54-46-20-12-10-18-41(46)43-24-22-37(28-48(43)54)35-15-7-4-8-16-35/h3-30H,1-2H3. The van der Waals surface area contributed by atoms with Crippen molar-refractivity contribution >= 4 is 43.6 Å². The lowest BCUT2D eigenvalue weighted by atomic mass is 9.99. The van der Waals surface area contributed by atoms with Gasteiger partial charge in [-0.25, -0.2) is 0 Å². The number of nitrogens with zero attached hydrogens (tertiary/aromatic N) is 4. The van der Waals surface area contributed by atoms with Gasteiger partial charge in [-0.3, -0.25) is 4.98 Å². The molecule has 4 nitrogen and oxygen atoms in total. The van der Waals surface area contributed by atoms with E-state index < -0.39 is 0 Å². The number of hydrogen-bond donors (Lipinski definition) is 0. The summed E-state index contributed by atoms with van der Waals surface area (Å²) in [5.41, 5.74) is 15.0. The Morgan fingerprint density at radius 1 is 0.389 bits per heavy atom. The van der Waals surface area contributed by atoms with Crippen molar-refractivity contribution in [3.05, 3.63) is 187 Å². The maximum absolute atomic E-state index is 11.4. The molecule has 3 aromatic heterocycles. The van der Waals surface area contributed by atoms with Gasteiger partial charge < -0.3 is 9.13 Å². The van der Waals surface area contributed by atoms with E-state index in [0.717, 1.165) is 99.8 Å². The lowest BCUT2D eigenvalue weighted by Gasteiger charge is -2.19. The van der Waals surface area contributed by atoms with Crippen LogP contribution in [0, 0.1) is 25.2 Å². The van der Waals surface area contributed by atoms with E-state index >= 15 is 0 Å². The highest BCUT2D eigenvalue weighted by molar-refractivity contribution is 6.12. The zero-order chi connectivity index (χ0) is 36.3. The van der Waals surface area contributed by atoms with Gasteiger partial charge in [-0.05, 0) is 95.8 Å². The number of hydrogen-bond acceptors (Lipinski definition) is 2. The zero-order valence-corrected chi connectivity index (χ0v) is 30.0. The fourth-order valence-corrected chi connectivity index (χ4v) is 8.33. The molecule has 0 N–H and O–H groups in total. The molecule has 0 saturated heterocycles. The minimum Gasteiger partial charge on any atom is -0.308 e. The van der Waals surface area contributed by atoms with Crippen LogP contribution >= 0.6 is 0 Å². The Balaban J connectivity index is 1.35. The highest BCUT2D eigenvalue weighted by Crippen LogP contribution is 2.41. The van der Waals surface area contributed by atoms with Crippen molar-refractivity contribution < 1.29 is 0 Å². The molecular weight excluding hydrogens is 657 g/mol. The van der Waals surface area contributed by atoms with Crippen LogP contribution in [-0.2, 0) is 0 Å². The van der Waals surface area contributed by atoms with E-state index in [0.29, 0.717) is 5.56 Å². The van der Waals surface area contributed by atoms with Crippen LogP contribution in [0.15, 0.2) is 170 Å². The molecule has 0 aliphatic carbocycles. The van der Waals surface area contributed by atoms with E-state index in [2.05, 4.69) is 173 Å². The summed E-state index contributed by atoms with van der Waals surface area (Å²) in [5, 5.41) is 16.0. The second kappa shape index (κ2) is 12.5. The van der Waals surface area contributed by atoms with Crippen molar-refractivity contribution in [3.63, 3.8) is 0 Å². The summed E-state index contributed by atoms with van der Waals surface area (Å²) in [6.07, 6.45) is 0. The first kappa shape index (κ1) is 31.5. The minimum absolute atomic E-state index is 0.599. The van der Waals surface area contributed by atoms with Crippen LogP contribution in [0.4, 0.5) is 0 Å². The van der Waals surface area contributed by atoms with E-state index in [1.165, 1.54) is 0 Å². The Morgan fingerprint density at radius 3 is 1.26 bits per heavy atom. The Hall–Kier alpha value is -7.22. The third-order valence-electron chi connectivity index (χ3n) is 10.7.